The van der Waals surface area contributed by atoms with Crippen LogP contribution in [0.15, 0.2) is 18.2 Å². The molecular formula is C24H32N4O8. The van der Waals surface area contributed by atoms with E-state index in [1.165, 1.54) is 0 Å². The minimum Gasteiger partial charge on any atom is -0.394 e. The Kier molecular flexibility index (Phi) is 8.99. The Hall–Kier alpha value is -2.90. The van der Waals surface area contributed by atoms with Gasteiger partial charge in [-0.3, -0.25) is 34.3 Å². The van der Waals surface area contributed by atoms with Crippen LogP contribution in [0.4, 0.5) is 5.69 Å². The van der Waals surface area contributed by atoms with Crippen LogP contribution in [0.1, 0.15) is 33.6 Å². The first-order chi connectivity index (χ1) is 17.5. The average Bonchev–Trinajstić information content (AvgIpc) is 3.09. The molecule has 0 spiro atoms. The molecule has 3 aliphatic rings. The Morgan fingerprint density at radius 2 is 1.64 bits per heavy atom. The van der Waals surface area contributed by atoms with Crippen molar-refractivity contribution in [3.05, 3.63) is 29.3 Å². The van der Waals surface area contributed by atoms with E-state index in [9.17, 15) is 19.2 Å². The molecule has 0 aromatic heterocycles. The molecule has 1 atom stereocenters. The van der Waals surface area contributed by atoms with Gasteiger partial charge in [0.2, 0.25) is 11.8 Å². The van der Waals surface area contributed by atoms with Gasteiger partial charge in [0.25, 0.3) is 11.8 Å². The molecular weight excluding hydrogens is 472 g/mol. The summed E-state index contributed by atoms with van der Waals surface area (Å²) < 4.78 is 16.1. The number of fused-ring (bicyclic) bond motifs is 1. The van der Waals surface area contributed by atoms with Gasteiger partial charge in [0.15, 0.2) is 0 Å². The number of nitrogens with zero attached hydrogens (tertiary/aromatic N) is 2. The summed E-state index contributed by atoms with van der Waals surface area (Å²) in [7, 11) is 0. The number of ether oxygens (including phenoxy) is 3. The van der Waals surface area contributed by atoms with Gasteiger partial charge in [-0.15, -0.1) is 0 Å². The van der Waals surface area contributed by atoms with E-state index in [-0.39, 0.29) is 36.6 Å². The fourth-order valence-electron chi connectivity index (χ4n) is 4.50. The number of hydrogen-bond acceptors (Lipinski definition) is 10. The normalized spacial score (nSPS) is 20.5. The summed E-state index contributed by atoms with van der Waals surface area (Å²) in [6, 6.07) is 4.20. The van der Waals surface area contributed by atoms with Crippen LogP contribution in [0.25, 0.3) is 0 Å². The number of anilines is 1. The Labute approximate surface area is 208 Å². The Morgan fingerprint density at radius 1 is 0.944 bits per heavy atom. The van der Waals surface area contributed by atoms with E-state index < -0.39 is 29.7 Å². The van der Waals surface area contributed by atoms with E-state index in [1.807, 2.05) is 0 Å². The molecule has 0 saturated carbocycles. The first-order valence-corrected chi connectivity index (χ1v) is 12.2. The SMILES string of the molecule is O=C1CCC(N2C(=O)c3cccc(NC4CN(CCOCCOCCOCCO)C4)c3C2=O)C(=O)N1. The topological polar surface area (TPSA) is 147 Å². The lowest BCUT2D eigenvalue weighted by atomic mass is 10.0. The predicted octanol–water partition coefficient (Wildman–Crippen LogP) is -0.774. The van der Waals surface area contributed by atoms with E-state index in [0.29, 0.717) is 45.3 Å². The number of likely N-dealkylation sites (tertiary alicyclic amines) is 1. The maximum atomic E-state index is 13.2. The number of nitrogens with one attached hydrogen (secondary N) is 2. The summed E-state index contributed by atoms with van der Waals surface area (Å²) in [5, 5.41) is 14.2. The zero-order chi connectivity index (χ0) is 25.5. The molecule has 0 radical (unpaired) electrons. The monoisotopic (exact) mass is 504 g/mol. The summed E-state index contributed by atoms with van der Waals surface area (Å²) in [5.74, 6) is -2.05. The van der Waals surface area contributed by atoms with Gasteiger partial charge in [0.05, 0.1) is 63.4 Å². The molecule has 1 aromatic carbocycles. The Morgan fingerprint density at radius 3 is 2.33 bits per heavy atom. The molecule has 0 aliphatic carbocycles. The lowest BCUT2D eigenvalue weighted by Crippen LogP contribution is -2.55. The van der Waals surface area contributed by atoms with Crippen LogP contribution in [-0.2, 0) is 23.8 Å². The van der Waals surface area contributed by atoms with Gasteiger partial charge < -0.3 is 24.6 Å². The van der Waals surface area contributed by atoms with Gasteiger partial charge in [-0.25, -0.2) is 0 Å². The van der Waals surface area contributed by atoms with Crippen LogP contribution in [-0.4, -0.2) is 117 Å². The summed E-state index contributed by atoms with van der Waals surface area (Å²) >= 11 is 0. The second-order valence-corrected chi connectivity index (χ2v) is 8.84. The largest absolute Gasteiger partial charge is 0.394 e. The van der Waals surface area contributed by atoms with Gasteiger partial charge in [-0.05, 0) is 18.6 Å². The molecule has 3 N–H and O–H groups in total. The molecule has 36 heavy (non-hydrogen) atoms. The Balaban J connectivity index is 1.19. The molecule has 196 valence electrons. The number of carbonyl (C=O) groups excluding carboxylic acids is 4. The minimum atomic E-state index is -0.980. The number of piperidine rings is 1. The molecule has 2 saturated heterocycles. The lowest BCUT2D eigenvalue weighted by Gasteiger charge is -2.40. The first kappa shape index (κ1) is 26.2. The second-order valence-electron chi connectivity index (χ2n) is 8.84. The average molecular weight is 505 g/mol. The lowest BCUT2D eigenvalue weighted by molar-refractivity contribution is -0.136. The van der Waals surface area contributed by atoms with Gasteiger partial charge in [-0.2, -0.15) is 0 Å². The maximum absolute atomic E-state index is 13.2. The highest BCUT2D eigenvalue weighted by molar-refractivity contribution is 6.25. The number of benzene rings is 1. The van der Waals surface area contributed by atoms with Crippen molar-refractivity contribution < 1.29 is 38.5 Å². The van der Waals surface area contributed by atoms with Crippen molar-refractivity contribution in [3.8, 4) is 0 Å². The van der Waals surface area contributed by atoms with Crippen molar-refractivity contribution in [1.29, 1.82) is 0 Å². The van der Waals surface area contributed by atoms with Gasteiger partial charge in [-0.1, -0.05) is 6.07 Å². The number of imide groups is 2. The summed E-state index contributed by atoms with van der Waals surface area (Å²) in [6.07, 6.45) is 0.216. The fraction of sp³-hybridized carbons (Fsp3) is 0.583. The van der Waals surface area contributed by atoms with Crippen LogP contribution in [0.3, 0.4) is 0 Å². The van der Waals surface area contributed by atoms with Gasteiger partial charge in [0, 0.05) is 31.7 Å². The highest BCUT2D eigenvalue weighted by Crippen LogP contribution is 2.33. The van der Waals surface area contributed by atoms with Crippen LogP contribution < -0.4 is 10.6 Å². The molecule has 12 nitrogen and oxygen atoms in total. The quantitative estimate of drug-likeness (QED) is 0.218. The third kappa shape index (κ3) is 6.08. The summed E-state index contributed by atoms with van der Waals surface area (Å²) in [5.41, 5.74) is 1.11. The van der Waals surface area contributed by atoms with Crippen molar-refractivity contribution in [1.82, 2.24) is 15.1 Å². The molecule has 4 rings (SSSR count). The van der Waals surface area contributed by atoms with Gasteiger partial charge >= 0.3 is 0 Å². The van der Waals surface area contributed by atoms with E-state index in [1.54, 1.807) is 18.2 Å². The highest BCUT2D eigenvalue weighted by Gasteiger charge is 2.45. The highest BCUT2D eigenvalue weighted by atomic mass is 16.5. The number of rotatable bonds is 14. The minimum absolute atomic E-state index is 0.00446. The van der Waals surface area contributed by atoms with E-state index in [0.717, 1.165) is 24.5 Å². The van der Waals surface area contributed by atoms with E-state index >= 15 is 0 Å². The zero-order valence-electron chi connectivity index (χ0n) is 20.1. The number of hydrogen-bond donors (Lipinski definition) is 3. The second kappa shape index (κ2) is 12.4. The third-order valence-corrected chi connectivity index (χ3v) is 6.32. The van der Waals surface area contributed by atoms with Crippen LogP contribution >= 0.6 is 0 Å². The number of aliphatic hydroxyl groups excluding tert-OH is 1. The summed E-state index contributed by atoms with van der Waals surface area (Å²) in [6.45, 7) is 5.08. The van der Waals surface area contributed by atoms with Gasteiger partial charge in [0.1, 0.15) is 6.04 Å². The van der Waals surface area contributed by atoms with Crippen LogP contribution in [0, 0.1) is 0 Å². The van der Waals surface area contributed by atoms with Crippen molar-refractivity contribution in [2.75, 3.05) is 71.2 Å². The molecule has 0 bridgehead atoms. The van der Waals surface area contributed by atoms with E-state index in [2.05, 4.69) is 15.5 Å². The molecule has 2 fully saturated rings. The molecule has 3 heterocycles. The molecule has 3 aliphatic heterocycles. The molecule has 4 amide bonds. The van der Waals surface area contributed by atoms with Crippen molar-refractivity contribution in [3.63, 3.8) is 0 Å². The standard InChI is InChI=1S/C24H32N4O8/c29-7-9-35-11-13-36-12-10-34-8-6-27-14-16(15-27)25-18-3-1-2-17-21(18)24(33)28(23(17)32)19-4-5-20(30)26-22(19)31/h1-3,16,19,25,29H,4-15H2,(H,26,30,31). The molecule has 1 aromatic rings. The zero-order valence-corrected chi connectivity index (χ0v) is 20.1. The Bertz CT molecular complexity index is 981. The van der Waals surface area contributed by atoms with Crippen molar-refractivity contribution in [2.45, 2.75) is 24.9 Å². The van der Waals surface area contributed by atoms with E-state index in [4.69, 9.17) is 19.3 Å². The predicted molar refractivity (Wildman–Crippen MR) is 127 cm³/mol. The smallest absolute Gasteiger partial charge is 0.264 e. The number of amides is 4. The maximum Gasteiger partial charge on any atom is 0.264 e. The third-order valence-electron chi connectivity index (χ3n) is 6.32. The van der Waals surface area contributed by atoms with Crippen molar-refractivity contribution >= 4 is 29.3 Å². The number of carbonyl (C=O) groups is 4. The fourth-order valence-corrected chi connectivity index (χ4v) is 4.50. The number of aliphatic hydroxyl groups is 1. The summed E-state index contributed by atoms with van der Waals surface area (Å²) in [4.78, 5) is 53.0. The molecule has 12 heteroatoms. The molecule has 1 unspecified atom stereocenters. The van der Waals surface area contributed by atoms with Crippen molar-refractivity contribution in [2.24, 2.45) is 0 Å². The first-order valence-electron chi connectivity index (χ1n) is 12.2. The van der Waals surface area contributed by atoms with Crippen LogP contribution in [0.2, 0.25) is 0 Å². The van der Waals surface area contributed by atoms with Crippen LogP contribution in [0.5, 0.6) is 0 Å².